The predicted octanol–water partition coefficient (Wildman–Crippen LogP) is 1.50. The fourth-order valence-corrected chi connectivity index (χ4v) is 3.51. The number of fused-ring (bicyclic) bond motifs is 1. The van der Waals surface area contributed by atoms with Crippen LogP contribution in [0.15, 0.2) is 18.2 Å². The van der Waals surface area contributed by atoms with Crippen LogP contribution < -0.4 is 14.4 Å². The van der Waals surface area contributed by atoms with Crippen molar-refractivity contribution >= 4 is 5.69 Å². The average molecular weight is 261 g/mol. The monoisotopic (exact) mass is 261 g/mol. The first-order valence-corrected chi connectivity index (χ1v) is 7.28. The fourth-order valence-electron chi connectivity index (χ4n) is 3.51. The van der Waals surface area contributed by atoms with Crippen LogP contribution in [0.5, 0.6) is 11.5 Å². The van der Waals surface area contributed by atoms with Gasteiger partial charge in [0.2, 0.25) is 0 Å². The summed E-state index contributed by atoms with van der Waals surface area (Å²) in [6.07, 6.45) is 0. The van der Waals surface area contributed by atoms with E-state index in [-0.39, 0.29) is 0 Å². The minimum absolute atomic E-state index is 0.661. The Kier molecular flexibility index (Phi) is 2.42. The highest BCUT2D eigenvalue weighted by atomic mass is 16.6. The van der Waals surface area contributed by atoms with Gasteiger partial charge in [-0.3, -0.25) is 0 Å². The molecule has 0 aromatic heterocycles. The van der Waals surface area contributed by atoms with Gasteiger partial charge in [-0.15, -0.1) is 0 Å². The molecule has 1 unspecified atom stereocenters. The number of hydrogen-bond acceptors (Lipinski definition) is 3. The summed E-state index contributed by atoms with van der Waals surface area (Å²) in [7, 11) is 0. The molecule has 0 N–H and O–H groups in total. The predicted molar refractivity (Wildman–Crippen MR) is 74.0 cm³/mol. The first kappa shape index (κ1) is 11.4. The molecule has 1 spiro atoms. The van der Waals surface area contributed by atoms with Gasteiger partial charge < -0.3 is 18.9 Å². The van der Waals surface area contributed by atoms with Crippen LogP contribution in [0.4, 0.5) is 5.69 Å². The Bertz CT molecular complexity index is 495. The van der Waals surface area contributed by atoms with Crippen molar-refractivity contribution in [2.24, 2.45) is 0 Å². The Labute approximate surface area is 114 Å². The Hall–Kier alpha value is -1.42. The van der Waals surface area contributed by atoms with Gasteiger partial charge in [-0.2, -0.15) is 0 Å². The van der Waals surface area contributed by atoms with Gasteiger partial charge in [-0.05, 0) is 19.1 Å². The SMILES string of the molecule is CC1C[N+]12CCN(c1cccc3c1OCCO3)CC2. The van der Waals surface area contributed by atoms with Crippen LogP contribution in [0, 0.1) is 0 Å². The number of quaternary nitrogens is 1. The topological polar surface area (TPSA) is 21.7 Å². The van der Waals surface area contributed by atoms with Crippen LogP contribution in [0.1, 0.15) is 6.92 Å². The number of rotatable bonds is 1. The summed E-state index contributed by atoms with van der Waals surface area (Å²) in [6.45, 7) is 9.87. The zero-order chi connectivity index (χ0) is 12.9. The molecule has 0 amide bonds. The Morgan fingerprint density at radius 1 is 1.16 bits per heavy atom. The smallest absolute Gasteiger partial charge is 0.184 e. The molecular formula is C15H21N2O2+. The number of ether oxygens (including phenoxy) is 2. The fraction of sp³-hybridized carbons (Fsp3) is 0.600. The van der Waals surface area contributed by atoms with Crippen LogP contribution in [0.3, 0.4) is 0 Å². The highest BCUT2D eigenvalue weighted by Crippen LogP contribution is 2.41. The first-order valence-electron chi connectivity index (χ1n) is 7.28. The van der Waals surface area contributed by atoms with Gasteiger partial charge in [-0.25, -0.2) is 0 Å². The van der Waals surface area contributed by atoms with Gasteiger partial charge in [0.1, 0.15) is 25.8 Å². The molecular weight excluding hydrogens is 240 g/mol. The minimum Gasteiger partial charge on any atom is -0.486 e. The lowest BCUT2D eigenvalue weighted by Crippen LogP contribution is -2.49. The van der Waals surface area contributed by atoms with Gasteiger partial charge in [-0.1, -0.05) is 6.07 Å². The van der Waals surface area contributed by atoms with Crippen LogP contribution >= 0.6 is 0 Å². The molecule has 3 aliphatic heterocycles. The van der Waals surface area contributed by atoms with Crippen molar-refractivity contribution in [3.63, 3.8) is 0 Å². The summed E-state index contributed by atoms with van der Waals surface area (Å²) >= 11 is 0. The molecule has 0 saturated carbocycles. The quantitative estimate of drug-likeness (QED) is 0.565. The van der Waals surface area contributed by atoms with E-state index in [1.54, 1.807) is 0 Å². The van der Waals surface area contributed by atoms with Crippen LogP contribution in [-0.2, 0) is 0 Å². The number of piperazine rings is 1. The molecule has 19 heavy (non-hydrogen) atoms. The van der Waals surface area contributed by atoms with Gasteiger partial charge in [0.15, 0.2) is 11.5 Å². The molecule has 1 aromatic rings. The van der Waals surface area contributed by atoms with Crippen molar-refractivity contribution in [1.29, 1.82) is 0 Å². The third kappa shape index (κ3) is 1.77. The van der Waals surface area contributed by atoms with E-state index in [1.807, 2.05) is 6.07 Å². The van der Waals surface area contributed by atoms with Crippen molar-refractivity contribution in [2.75, 3.05) is 50.8 Å². The van der Waals surface area contributed by atoms with E-state index in [2.05, 4.69) is 24.0 Å². The molecule has 4 heteroatoms. The van der Waals surface area contributed by atoms with Gasteiger partial charge >= 0.3 is 0 Å². The Morgan fingerprint density at radius 2 is 1.89 bits per heavy atom. The van der Waals surface area contributed by atoms with Crippen LogP contribution in [0.2, 0.25) is 0 Å². The molecule has 102 valence electrons. The molecule has 2 fully saturated rings. The van der Waals surface area contributed by atoms with Crippen LogP contribution in [0.25, 0.3) is 0 Å². The number of anilines is 1. The van der Waals surface area contributed by atoms with Crippen molar-refractivity contribution in [1.82, 2.24) is 0 Å². The lowest BCUT2D eigenvalue weighted by atomic mass is 10.2. The zero-order valence-corrected chi connectivity index (χ0v) is 11.5. The third-order valence-electron chi connectivity index (χ3n) is 4.95. The normalized spacial score (nSPS) is 27.4. The lowest BCUT2D eigenvalue weighted by molar-refractivity contribution is -0.813. The second-order valence-electron chi connectivity index (χ2n) is 5.99. The molecule has 3 heterocycles. The van der Waals surface area contributed by atoms with Gasteiger partial charge in [0, 0.05) is 0 Å². The van der Waals surface area contributed by atoms with Crippen molar-refractivity contribution < 1.29 is 14.0 Å². The van der Waals surface area contributed by atoms with Gasteiger partial charge in [0.25, 0.3) is 0 Å². The number of hydrogen-bond donors (Lipinski definition) is 0. The molecule has 0 aliphatic carbocycles. The molecule has 3 aliphatic rings. The van der Waals surface area contributed by atoms with Crippen molar-refractivity contribution in [3.8, 4) is 11.5 Å². The maximum atomic E-state index is 5.82. The number of nitrogens with zero attached hydrogens (tertiary/aromatic N) is 2. The standard InChI is InChI=1S/C15H21N2O2/c1-12-11-17(12)7-5-16(6-8-17)13-3-2-4-14-15(13)19-10-9-18-14/h2-4,12H,5-11H2,1H3/q+1. The van der Waals surface area contributed by atoms with E-state index in [0.29, 0.717) is 13.2 Å². The van der Waals surface area contributed by atoms with E-state index < -0.39 is 0 Å². The molecule has 0 radical (unpaired) electrons. The highest BCUT2D eigenvalue weighted by molar-refractivity contribution is 5.65. The maximum absolute atomic E-state index is 5.82. The highest BCUT2D eigenvalue weighted by Gasteiger charge is 2.52. The summed E-state index contributed by atoms with van der Waals surface area (Å²) in [5, 5.41) is 0. The summed E-state index contributed by atoms with van der Waals surface area (Å²) in [4.78, 5) is 2.46. The van der Waals surface area contributed by atoms with E-state index in [9.17, 15) is 0 Å². The molecule has 1 aromatic carbocycles. The molecule has 1 atom stereocenters. The largest absolute Gasteiger partial charge is 0.486 e. The minimum atomic E-state index is 0.661. The third-order valence-corrected chi connectivity index (χ3v) is 4.95. The Balaban J connectivity index is 1.57. The van der Waals surface area contributed by atoms with E-state index >= 15 is 0 Å². The first-order chi connectivity index (χ1) is 9.28. The van der Waals surface area contributed by atoms with Crippen molar-refractivity contribution in [2.45, 2.75) is 13.0 Å². The second kappa shape index (κ2) is 4.04. The van der Waals surface area contributed by atoms with E-state index in [1.165, 1.54) is 29.8 Å². The van der Waals surface area contributed by atoms with E-state index in [4.69, 9.17) is 9.47 Å². The van der Waals surface area contributed by atoms with Gasteiger partial charge in [0.05, 0.1) is 31.9 Å². The van der Waals surface area contributed by atoms with Crippen LogP contribution in [-0.4, -0.2) is 56.5 Å². The summed E-state index contributed by atoms with van der Waals surface area (Å²) in [6, 6.07) is 7.12. The zero-order valence-electron chi connectivity index (χ0n) is 11.5. The molecule has 0 bridgehead atoms. The lowest BCUT2D eigenvalue weighted by Gasteiger charge is -2.36. The van der Waals surface area contributed by atoms with E-state index in [0.717, 1.165) is 30.6 Å². The summed E-state index contributed by atoms with van der Waals surface area (Å²) in [5.74, 6) is 1.85. The second-order valence-corrected chi connectivity index (χ2v) is 5.99. The van der Waals surface area contributed by atoms with Crippen molar-refractivity contribution in [3.05, 3.63) is 18.2 Å². The molecule has 4 nitrogen and oxygen atoms in total. The summed E-state index contributed by atoms with van der Waals surface area (Å²) in [5.41, 5.74) is 1.21. The Morgan fingerprint density at radius 3 is 2.63 bits per heavy atom. The average Bonchev–Trinajstić information content (AvgIpc) is 3.08. The summed E-state index contributed by atoms with van der Waals surface area (Å²) < 4.78 is 12.8. The maximum Gasteiger partial charge on any atom is 0.184 e. The number of para-hydroxylation sites is 1. The molecule has 2 saturated heterocycles. The molecule has 4 rings (SSSR count). The number of benzene rings is 1.